The van der Waals surface area contributed by atoms with Crippen molar-refractivity contribution in [2.24, 2.45) is 0 Å². The molecule has 0 bridgehead atoms. The predicted molar refractivity (Wildman–Crippen MR) is 95.3 cm³/mol. The van der Waals surface area contributed by atoms with Gasteiger partial charge in [0.2, 0.25) is 0 Å². The van der Waals surface area contributed by atoms with E-state index in [1.807, 2.05) is 0 Å². The van der Waals surface area contributed by atoms with E-state index in [-0.39, 0.29) is 30.0 Å². The molecule has 6 nitrogen and oxygen atoms in total. The molecule has 0 spiro atoms. The third kappa shape index (κ3) is 5.59. The molecule has 0 saturated carbocycles. The number of carbonyl (C=O) groups excluding carboxylic acids is 1. The van der Waals surface area contributed by atoms with E-state index < -0.39 is 32.8 Å². The molecule has 30 heavy (non-hydrogen) atoms. The first kappa shape index (κ1) is 23.4. The summed E-state index contributed by atoms with van der Waals surface area (Å²) in [4.78, 5) is 11.1. The summed E-state index contributed by atoms with van der Waals surface area (Å²) in [5, 5.41) is 2.49. The molecule has 164 valence electrons. The quantitative estimate of drug-likeness (QED) is 0.619. The molecule has 2 aromatic carbocycles. The number of hydrogen-bond donors (Lipinski definition) is 1. The van der Waals surface area contributed by atoms with Gasteiger partial charge in [-0.15, -0.1) is 0 Å². The molecule has 0 aliphatic carbocycles. The molecule has 0 fully saturated rings. The first-order valence-electron chi connectivity index (χ1n) is 8.27. The lowest BCUT2D eigenvalue weighted by atomic mass is 10.1. The van der Waals surface area contributed by atoms with Crippen LogP contribution in [-0.2, 0) is 16.3 Å². The summed E-state index contributed by atoms with van der Waals surface area (Å²) >= 11 is 0. The van der Waals surface area contributed by atoms with Gasteiger partial charge in [-0.1, -0.05) is 6.07 Å². The van der Waals surface area contributed by atoms with Crippen LogP contribution in [0.5, 0.6) is 11.5 Å². The maximum atomic E-state index is 12.5. The highest BCUT2D eigenvalue weighted by Gasteiger charge is 2.46. The number of methoxy groups -OCH3 is 1. The van der Waals surface area contributed by atoms with E-state index in [4.69, 9.17) is 4.74 Å². The van der Waals surface area contributed by atoms with Gasteiger partial charge in [0.05, 0.1) is 12.0 Å². The molecule has 0 unspecified atom stereocenters. The Kier molecular flexibility index (Phi) is 7.24. The second-order valence-corrected chi connectivity index (χ2v) is 7.78. The summed E-state index contributed by atoms with van der Waals surface area (Å²) in [6, 6.07) is 7.62. The molecule has 1 amide bonds. The molecule has 0 aliphatic rings. The number of hydrogen-bond acceptors (Lipinski definition) is 5. The normalized spacial score (nSPS) is 12.0. The van der Waals surface area contributed by atoms with Gasteiger partial charge in [0, 0.05) is 12.1 Å². The number of benzene rings is 2. The maximum absolute atomic E-state index is 12.5. The molecular weight excluding hydrogens is 437 g/mol. The molecule has 2 rings (SSSR count). The van der Waals surface area contributed by atoms with E-state index in [2.05, 4.69) is 10.1 Å². The monoisotopic (exact) mass is 453 g/mol. The third-order valence-corrected chi connectivity index (χ3v) is 5.38. The van der Waals surface area contributed by atoms with Gasteiger partial charge >= 0.3 is 12.1 Å². The van der Waals surface area contributed by atoms with Crippen molar-refractivity contribution in [2.75, 3.05) is 13.7 Å². The first-order valence-corrected chi connectivity index (χ1v) is 9.75. The van der Waals surface area contributed by atoms with E-state index in [0.29, 0.717) is 17.7 Å². The number of halogens is 5. The second kappa shape index (κ2) is 9.28. The Hall–Kier alpha value is -2.89. The van der Waals surface area contributed by atoms with Crippen LogP contribution in [0.25, 0.3) is 0 Å². The van der Waals surface area contributed by atoms with Gasteiger partial charge in [-0.2, -0.15) is 22.0 Å². The fourth-order valence-corrected chi connectivity index (χ4v) is 3.17. The van der Waals surface area contributed by atoms with Gasteiger partial charge in [-0.25, -0.2) is 8.42 Å². The van der Waals surface area contributed by atoms with Gasteiger partial charge in [0.1, 0.15) is 0 Å². The summed E-state index contributed by atoms with van der Waals surface area (Å²) < 4.78 is 94.4. The average Bonchev–Trinajstić information content (AvgIpc) is 2.67. The molecule has 0 saturated heterocycles. The number of amides is 1. The largest absolute Gasteiger partial charge is 0.501 e. The average molecular weight is 453 g/mol. The summed E-state index contributed by atoms with van der Waals surface area (Å²) in [5.41, 5.74) is -4.94. The van der Waals surface area contributed by atoms with E-state index >= 15 is 0 Å². The Morgan fingerprint density at radius 2 is 1.70 bits per heavy atom. The highest BCUT2D eigenvalue weighted by atomic mass is 32.2. The van der Waals surface area contributed by atoms with Gasteiger partial charge < -0.3 is 14.8 Å². The molecule has 0 atom stereocenters. The van der Waals surface area contributed by atoms with Crippen molar-refractivity contribution in [1.82, 2.24) is 5.32 Å². The van der Waals surface area contributed by atoms with Crippen LogP contribution in [0.4, 0.5) is 22.0 Å². The van der Waals surface area contributed by atoms with Crippen LogP contribution in [0.3, 0.4) is 0 Å². The van der Waals surface area contributed by atoms with Crippen LogP contribution in [0.15, 0.2) is 47.4 Å². The van der Waals surface area contributed by atoms with Gasteiger partial charge in [0.25, 0.3) is 15.7 Å². The van der Waals surface area contributed by atoms with Crippen LogP contribution < -0.4 is 14.8 Å². The molecule has 2 aromatic rings. The molecule has 0 radical (unpaired) electrons. The van der Waals surface area contributed by atoms with Crippen molar-refractivity contribution >= 4 is 15.7 Å². The third-order valence-electron chi connectivity index (χ3n) is 3.87. The van der Waals surface area contributed by atoms with Gasteiger partial charge in [0.15, 0.2) is 11.5 Å². The Bertz CT molecular complexity index is 991. The maximum Gasteiger partial charge on any atom is 0.501 e. The van der Waals surface area contributed by atoms with Crippen LogP contribution in [0.2, 0.25) is 0 Å². The summed E-state index contributed by atoms with van der Waals surface area (Å²) in [7, 11) is -4.21. The zero-order valence-corrected chi connectivity index (χ0v) is 16.2. The fourth-order valence-electron chi connectivity index (χ4n) is 2.41. The number of rotatable bonds is 8. The number of ether oxygens (including phenoxy) is 2. The van der Waals surface area contributed by atoms with Crippen LogP contribution in [0.1, 0.15) is 15.9 Å². The topological polar surface area (TPSA) is 81.7 Å². The first-order chi connectivity index (χ1) is 14.0. The van der Waals surface area contributed by atoms with Gasteiger partial charge in [-0.3, -0.25) is 4.79 Å². The number of alkyl halides is 5. The Morgan fingerprint density at radius 3 is 2.23 bits per heavy atom. The smallest absolute Gasteiger partial charge is 0.493 e. The lowest BCUT2D eigenvalue weighted by Gasteiger charge is -2.12. The molecule has 0 aromatic heterocycles. The zero-order chi connectivity index (χ0) is 22.5. The summed E-state index contributed by atoms with van der Waals surface area (Å²) in [6.45, 7) is -2.97. The minimum absolute atomic E-state index is 0.0485. The Morgan fingerprint density at radius 1 is 1.07 bits per heavy atom. The standard InChI is InChI=1S/C18H16F5NO5S/c1-28-14-7-2-11(10-15(14)29-17(19)20)8-9-24-16(25)12-3-5-13(6-4-12)30(26,27)18(21,22)23/h2-7,10,17H,8-9H2,1H3,(H,24,25). The molecular formula is C18H16F5NO5S. The van der Waals surface area contributed by atoms with Crippen LogP contribution >= 0.6 is 0 Å². The Labute approximate surface area is 168 Å². The van der Waals surface area contributed by atoms with Crippen molar-refractivity contribution in [3.05, 3.63) is 53.6 Å². The van der Waals surface area contributed by atoms with E-state index in [1.165, 1.54) is 19.2 Å². The Balaban J connectivity index is 2.00. The van der Waals surface area contributed by atoms with Crippen LogP contribution in [-0.4, -0.2) is 40.1 Å². The summed E-state index contributed by atoms with van der Waals surface area (Å²) in [6.07, 6.45) is 0.232. The van der Waals surface area contributed by atoms with Crippen molar-refractivity contribution in [3.63, 3.8) is 0 Å². The minimum atomic E-state index is -5.50. The number of nitrogens with one attached hydrogen (secondary N) is 1. The number of carbonyl (C=O) groups is 1. The zero-order valence-electron chi connectivity index (χ0n) is 15.4. The number of sulfone groups is 1. The van der Waals surface area contributed by atoms with E-state index in [9.17, 15) is 35.2 Å². The molecule has 1 N–H and O–H groups in total. The SMILES string of the molecule is COc1ccc(CCNC(=O)c2ccc(S(=O)(=O)C(F)(F)F)cc2)cc1OC(F)F. The lowest BCUT2D eigenvalue weighted by molar-refractivity contribution is -0.0513. The molecule has 0 heterocycles. The van der Waals surface area contributed by atoms with Crippen molar-refractivity contribution in [3.8, 4) is 11.5 Å². The highest BCUT2D eigenvalue weighted by Crippen LogP contribution is 2.31. The van der Waals surface area contributed by atoms with E-state index in [1.54, 1.807) is 6.07 Å². The lowest BCUT2D eigenvalue weighted by Crippen LogP contribution is -2.26. The van der Waals surface area contributed by atoms with E-state index in [0.717, 1.165) is 12.1 Å². The summed E-state index contributed by atoms with van der Waals surface area (Å²) in [5.74, 6) is -0.710. The van der Waals surface area contributed by atoms with Crippen LogP contribution in [0, 0.1) is 0 Å². The minimum Gasteiger partial charge on any atom is -0.493 e. The van der Waals surface area contributed by atoms with Gasteiger partial charge in [-0.05, 0) is 48.4 Å². The highest BCUT2D eigenvalue weighted by molar-refractivity contribution is 7.92. The van der Waals surface area contributed by atoms with Crippen molar-refractivity contribution in [2.45, 2.75) is 23.4 Å². The van der Waals surface area contributed by atoms with Crippen molar-refractivity contribution < 1.29 is 44.6 Å². The molecule has 0 aliphatic heterocycles. The molecule has 12 heteroatoms. The fraction of sp³-hybridized carbons (Fsp3) is 0.278. The second-order valence-electron chi connectivity index (χ2n) is 5.84. The van der Waals surface area contributed by atoms with Crippen molar-refractivity contribution in [1.29, 1.82) is 0 Å². The predicted octanol–water partition coefficient (Wildman–Crippen LogP) is 3.56.